The summed E-state index contributed by atoms with van der Waals surface area (Å²) in [6.07, 6.45) is 1.98. The van der Waals surface area contributed by atoms with E-state index in [-0.39, 0.29) is 11.7 Å². The summed E-state index contributed by atoms with van der Waals surface area (Å²) in [7, 11) is 0. The van der Waals surface area contributed by atoms with Gasteiger partial charge in [0, 0.05) is 13.2 Å². The van der Waals surface area contributed by atoms with Crippen molar-refractivity contribution in [2.45, 2.75) is 32.6 Å². The first-order valence-corrected chi connectivity index (χ1v) is 6.66. The molecule has 0 aliphatic heterocycles. The number of hydrogen-bond acceptors (Lipinski definition) is 2. The molecule has 0 aliphatic rings. The number of nitrogens with two attached hydrogens (primary N) is 1. The first kappa shape index (κ1) is 15.1. The molecule has 0 fully saturated rings. The second-order valence-electron chi connectivity index (χ2n) is 5.07. The molecule has 0 amide bonds. The summed E-state index contributed by atoms with van der Waals surface area (Å²) < 4.78 is 18.4. The fraction of sp³-hybridized carbons (Fsp3) is 0.600. The number of rotatable bonds is 8. The molecule has 0 heterocycles. The molecule has 1 unspecified atom stereocenters. The molecule has 0 bridgehead atoms. The minimum absolute atomic E-state index is 0.206. The Balaban J connectivity index is 2.31. The number of benzene rings is 1. The highest BCUT2D eigenvalue weighted by Crippen LogP contribution is 2.18. The highest BCUT2D eigenvalue weighted by Gasteiger charge is 2.09. The van der Waals surface area contributed by atoms with Gasteiger partial charge in [-0.15, -0.1) is 0 Å². The standard InChI is InChI=1S/C15H24FNO/c1-12(2)7-9-18-10-8-14(11-17)13-3-5-15(16)6-4-13/h3-6,12,14H,7-11,17H2,1-2H3. The van der Waals surface area contributed by atoms with Gasteiger partial charge in [0.15, 0.2) is 0 Å². The summed E-state index contributed by atoms with van der Waals surface area (Å²) in [6, 6.07) is 6.58. The van der Waals surface area contributed by atoms with Crippen molar-refractivity contribution in [2.24, 2.45) is 11.7 Å². The van der Waals surface area contributed by atoms with Crippen LogP contribution in [0.3, 0.4) is 0 Å². The van der Waals surface area contributed by atoms with Crippen LogP contribution < -0.4 is 5.73 Å². The van der Waals surface area contributed by atoms with Crippen molar-refractivity contribution in [3.8, 4) is 0 Å². The third-order valence-corrected chi connectivity index (χ3v) is 3.08. The Bertz CT molecular complexity index is 324. The normalized spacial score (nSPS) is 12.9. The third-order valence-electron chi connectivity index (χ3n) is 3.08. The van der Waals surface area contributed by atoms with Gasteiger partial charge in [-0.25, -0.2) is 4.39 Å². The van der Waals surface area contributed by atoms with Crippen LogP contribution in [0.1, 0.15) is 38.2 Å². The Morgan fingerprint density at radius 1 is 1.11 bits per heavy atom. The van der Waals surface area contributed by atoms with Crippen LogP contribution in [0.25, 0.3) is 0 Å². The summed E-state index contributed by atoms with van der Waals surface area (Å²) >= 11 is 0. The molecule has 0 radical (unpaired) electrons. The van der Waals surface area contributed by atoms with E-state index >= 15 is 0 Å². The molecule has 2 N–H and O–H groups in total. The van der Waals surface area contributed by atoms with E-state index in [0.29, 0.717) is 19.1 Å². The Morgan fingerprint density at radius 3 is 2.28 bits per heavy atom. The Morgan fingerprint density at radius 2 is 1.72 bits per heavy atom. The fourth-order valence-corrected chi connectivity index (χ4v) is 1.80. The van der Waals surface area contributed by atoms with E-state index in [1.54, 1.807) is 12.1 Å². The SMILES string of the molecule is CC(C)CCOCCC(CN)c1ccc(F)cc1. The monoisotopic (exact) mass is 253 g/mol. The molecule has 1 aromatic carbocycles. The van der Waals surface area contributed by atoms with Crippen LogP contribution in [0.5, 0.6) is 0 Å². The van der Waals surface area contributed by atoms with Gasteiger partial charge in [0.05, 0.1) is 0 Å². The highest BCUT2D eigenvalue weighted by molar-refractivity contribution is 5.20. The molecule has 102 valence electrons. The Hall–Kier alpha value is -0.930. The van der Waals surface area contributed by atoms with Gasteiger partial charge >= 0.3 is 0 Å². The van der Waals surface area contributed by atoms with Crippen molar-refractivity contribution in [1.29, 1.82) is 0 Å². The average molecular weight is 253 g/mol. The van der Waals surface area contributed by atoms with E-state index in [1.807, 2.05) is 0 Å². The van der Waals surface area contributed by atoms with Crippen LogP contribution in [0.4, 0.5) is 4.39 Å². The molecular formula is C15H24FNO. The lowest BCUT2D eigenvalue weighted by atomic mass is 9.96. The van der Waals surface area contributed by atoms with Crippen LogP contribution in [-0.4, -0.2) is 19.8 Å². The first-order valence-electron chi connectivity index (χ1n) is 6.66. The minimum Gasteiger partial charge on any atom is -0.381 e. The maximum absolute atomic E-state index is 12.8. The van der Waals surface area contributed by atoms with E-state index in [9.17, 15) is 4.39 Å². The van der Waals surface area contributed by atoms with Gasteiger partial charge in [0.1, 0.15) is 5.82 Å². The second-order valence-corrected chi connectivity index (χ2v) is 5.07. The van der Waals surface area contributed by atoms with Crippen LogP contribution in [-0.2, 0) is 4.74 Å². The predicted octanol–water partition coefficient (Wildman–Crippen LogP) is 3.32. The Labute approximate surface area is 109 Å². The molecule has 1 aromatic rings. The molecule has 2 nitrogen and oxygen atoms in total. The molecule has 0 aliphatic carbocycles. The van der Waals surface area contributed by atoms with Gasteiger partial charge in [0.25, 0.3) is 0 Å². The summed E-state index contributed by atoms with van der Waals surface area (Å²) in [6.45, 7) is 6.46. The van der Waals surface area contributed by atoms with E-state index < -0.39 is 0 Å². The molecule has 0 spiro atoms. The molecule has 1 atom stereocenters. The molecule has 1 rings (SSSR count). The topological polar surface area (TPSA) is 35.2 Å². The van der Waals surface area contributed by atoms with Crippen molar-refractivity contribution in [2.75, 3.05) is 19.8 Å². The summed E-state index contributed by atoms with van der Waals surface area (Å²) in [4.78, 5) is 0. The lowest BCUT2D eigenvalue weighted by molar-refractivity contribution is 0.117. The van der Waals surface area contributed by atoms with Gasteiger partial charge < -0.3 is 10.5 Å². The zero-order valence-corrected chi connectivity index (χ0v) is 11.4. The van der Waals surface area contributed by atoms with Crippen molar-refractivity contribution in [1.82, 2.24) is 0 Å². The molecule has 0 aromatic heterocycles. The summed E-state index contributed by atoms with van der Waals surface area (Å²) in [5, 5.41) is 0. The second kappa shape index (κ2) is 8.22. The van der Waals surface area contributed by atoms with Crippen LogP contribution in [0.2, 0.25) is 0 Å². The van der Waals surface area contributed by atoms with Gasteiger partial charge in [-0.2, -0.15) is 0 Å². The van der Waals surface area contributed by atoms with Gasteiger partial charge in [0.2, 0.25) is 0 Å². The zero-order chi connectivity index (χ0) is 13.4. The first-order chi connectivity index (χ1) is 8.63. The lowest BCUT2D eigenvalue weighted by Crippen LogP contribution is -2.15. The number of halogens is 1. The van der Waals surface area contributed by atoms with Gasteiger partial charge in [-0.05, 0) is 48.9 Å². The highest BCUT2D eigenvalue weighted by atomic mass is 19.1. The largest absolute Gasteiger partial charge is 0.381 e. The quantitative estimate of drug-likeness (QED) is 0.721. The average Bonchev–Trinajstić information content (AvgIpc) is 2.35. The van der Waals surface area contributed by atoms with E-state index in [0.717, 1.165) is 25.0 Å². The lowest BCUT2D eigenvalue weighted by Gasteiger charge is -2.15. The molecule has 3 heteroatoms. The van der Waals surface area contributed by atoms with Crippen LogP contribution >= 0.6 is 0 Å². The van der Waals surface area contributed by atoms with Crippen molar-refractivity contribution in [3.05, 3.63) is 35.6 Å². The number of hydrogen-bond donors (Lipinski definition) is 1. The van der Waals surface area contributed by atoms with Gasteiger partial charge in [-0.1, -0.05) is 26.0 Å². The molecule has 18 heavy (non-hydrogen) atoms. The zero-order valence-electron chi connectivity index (χ0n) is 11.4. The summed E-state index contributed by atoms with van der Waals surface area (Å²) in [5.41, 5.74) is 6.85. The predicted molar refractivity (Wildman–Crippen MR) is 73.1 cm³/mol. The summed E-state index contributed by atoms with van der Waals surface area (Å²) in [5.74, 6) is 0.722. The molecule has 0 saturated heterocycles. The van der Waals surface area contributed by atoms with Crippen molar-refractivity contribution >= 4 is 0 Å². The van der Waals surface area contributed by atoms with Crippen molar-refractivity contribution < 1.29 is 9.13 Å². The number of ether oxygens (including phenoxy) is 1. The molecular weight excluding hydrogens is 229 g/mol. The fourth-order valence-electron chi connectivity index (χ4n) is 1.80. The van der Waals surface area contributed by atoms with E-state index in [1.165, 1.54) is 12.1 Å². The van der Waals surface area contributed by atoms with E-state index in [2.05, 4.69) is 13.8 Å². The Kier molecular flexibility index (Phi) is 6.91. The maximum Gasteiger partial charge on any atom is 0.123 e. The van der Waals surface area contributed by atoms with Crippen molar-refractivity contribution in [3.63, 3.8) is 0 Å². The van der Waals surface area contributed by atoms with E-state index in [4.69, 9.17) is 10.5 Å². The minimum atomic E-state index is -0.206. The third kappa shape index (κ3) is 5.61. The van der Waals surface area contributed by atoms with Crippen LogP contribution in [0.15, 0.2) is 24.3 Å². The maximum atomic E-state index is 12.8. The molecule has 0 saturated carbocycles. The van der Waals surface area contributed by atoms with Crippen LogP contribution in [0, 0.1) is 11.7 Å². The smallest absolute Gasteiger partial charge is 0.123 e. The van der Waals surface area contributed by atoms with Gasteiger partial charge in [-0.3, -0.25) is 0 Å².